The van der Waals surface area contributed by atoms with Crippen LogP contribution in [0.5, 0.6) is 0 Å². The fraction of sp³-hybridized carbons (Fsp3) is 0.520. The lowest BCUT2D eigenvalue weighted by Crippen LogP contribution is -2.53. The van der Waals surface area contributed by atoms with Gasteiger partial charge in [0, 0.05) is 37.1 Å². The van der Waals surface area contributed by atoms with Crippen LogP contribution in [0.4, 0.5) is 4.79 Å². The topological polar surface area (TPSA) is 57.6 Å². The number of amides is 3. The number of hydrogen-bond donors (Lipinski definition) is 1. The molecule has 0 bridgehead atoms. The second-order valence-corrected chi connectivity index (χ2v) is 9.98. The Hall–Kier alpha value is -2.76. The Kier molecular flexibility index (Phi) is 6.77. The molecule has 0 saturated heterocycles. The molecule has 0 aliphatic carbocycles. The van der Waals surface area contributed by atoms with Crippen LogP contribution >= 0.6 is 0 Å². The number of nitrogens with one attached hydrogen (secondary N) is 1. The molecular weight excluding hydrogens is 388 g/mol. The quantitative estimate of drug-likeness (QED) is 0.782. The van der Waals surface area contributed by atoms with Gasteiger partial charge in [0.2, 0.25) is 5.91 Å². The van der Waals surface area contributed by atoms with E-state index in [4.69, 9.17) is 0 Å². The highest BCUT2D eigenvalue weighted by Gasteiger charge is 2.33. The van der Waals surface area contributed by atoms with E-state index in [1.54, 1.807) is 4.90 Å². The summed E-state index contributed by atoms with van der Waals surface area (Å²) in [6.07, 6.45) is 2.07. The highest BCUT2D eigenvalue weighted by atomic mass is 16.2. The number of urea groups is 1. The zero-order valence-corrected chi connectivity index (χ0v) is 19.7. The molecule has 1 aromatic carbocycles. The van der Waals surface area contributed by atoms with E-state index in [0.29, 0.717) is 13.1 Å². The number of nitrogens with zero attached hydrogens (tertiary/aromatic N) is 3. The minimum absolute atomic E-state index is 0.0252. The Labute approximate surface area is 186 Å². The van der Waals surface area contributed by atoms with E-state index >= 15 is 0 Å². The number of rotatable bonds is 5. The first-order chi connectivity index (χ1) is 14.5. The van der Waals surface area contributed by atoms with Crippen molar-refractivity contribution in [2.24, 2.45) is 5.92 Å². The van der Waals surface area contributed by atoms with Crippen molar-refractivity contribution < 1.29 is 9.59 Å². The summed E-state index contributed by atoms with van der Waals surface area (Å²) >= 11 is 0. The summed E-state index contributed by atoms with van der Waals surface area (Å²) in [4.78, 5) is 30.0. The van der Waals surface area contributed by atoms with Gasteiger partial charge in [0.15, 0.2) is 0 Å². The van der Waals surface area contributed by atoms with Crippen LogP contribution in [0.1, 0.15) is 57.5 Å². The Balaban J connectivity index is 1.86. The SMILES string of the molecule is Cc1ccc([C@@H]2c3cccn3CCN2C(=O)CN(CC(C)C)C(=O)NC(C)(C)C)cc1. The first kappa shape index (κ1) is 22.9. The maximum absolute atomic E-state index is 13.5. The molecule has 6 nitrogen and oxygen atoms in total. The van der Waals surface area contributed by atoms with Crippen molar-refractivity contribution in [1.29, 1.82) is 0 Å². The van der Waals surface area contributed by atoms with Gasteiger partial charge in [-0.15, -0.1) is 0 Å². The van der Waals surface area contributed by atoms with Crippen molar-refractivity contribution in [3.63, 3.8) is 0 Å². The highest BCUT2D eigenvalue weighted by Crippen LogP contribution is 2.32. The molecule has 1 aromatic heterocycles. The van der Waals surface area contributed by atoms with Crippen molar-refractivity contribution in [2.45, 2.75) is 59.7 Å². The Morgan fingerprint density at radius 3 is 2.42 bits per heavy atom. The van der Waals surface area contributed by atoms with Crippen LogP contribution < -0.4 is 5.32 Å². The van der Waals surface area contributed by atoms with E-state index in [9.17, 15) is 9.59 Å². The molecule has 168 valence electrons. The number of aromatic nitrogens is 1. The maximum atomic E-state index is 13.5. The molecule has 3 rings (SSSR count). The number of fused-ring (bicyclic) bond motifs is 1. The van der Waals surface area contributed by atoms with Gasteiger partial charge in [-0.2, -0.15) is 0 Å². The van der Waals surface area contributed by atoms with Gasteiger partial charge in [-0.1, -0.05) is 43.7 Å². The molecule has 2 aromatic rings. The second kappa shape index (κ2) is 9.16. The molecule has 1 aliphatic rings. The van der Waals surface area contributed by atoms with Gasteiger partial charge in [-0.05, 0) is 51.3 Å². The normalized spacial score (nSPS) is 16.2. The molecule has 0 fully saturated rings. The van der Waals surface area contributed by atoms with E-state index in [1.807, 2.05) is 31.7 Å². The minimum Gasteiger partial charge on any atom is -0.348 e. The number of hydrogen-bond acceptors (Lipinski definition) is 2. The van der Waals surface area contributed by atoms with E-state index in [2.05, 4.69) is 67.2 Å². The molecule has 31 heavy (non-hydrogen) atoms. The van der Waals surface area contributed by atoms with E-state index in [0.717, 1.165) is 17.8 Å². The summed E-state index contributed by atoms with van der Waals surface area (Å²) < 4.78 is 2.21. The maximum Gasteiger partial charge on any atom is 0.318 e. The van der Waals surface area contributed by atoms with E-state index < -0.39 is 0 Å². The van der Waals surface area contributed by atoms with Crippen molar-refractivity contribution in [3.8, 4) is 0 Å². The van der Waals surface area contributed by atoms with Crippen LogP contribution in [0.25, 0.3) is 0 Å². The van der Waals surface area contributed by atoms with Crippen LogP contribution in [0.3, 0.4) is 0 Å². The fourth-order valence-electron chi connectivity index (χ4n) is 4.07. The smallest absolute Gasteiger partial charge is 0.318 e. The van der Waals surface area contributed by atoms with Gasteiger partial charge in [-0.3, -0.25) is 4.79 Å². The Morgan fingerprint density at radius 2 is 1.81 bits per heavy atom. The summed E-state index contributed by atoms with van der Waals surface area (Å²) in [5, 5.41) is 3.01. The van der Waals surface area contributed by atoms with Crippen molar-refractivity contribution in [3.05, 3.63) is 59.4 Å². The molecule has 2 heterocycles. The van der Waals surface area contributed by atoms with Crippen LogP contribution in [0.15, 0.2) is 42.6 Å². The van der Waals surface area contributed by atoms with E-state index in [-0.39, 0.29) is 36.0 Å². The van der Waals surface area contributed by atoms with E-state index in [1.165, 1.54) is 5.56 Å². The number of carbonyl (C=O) groups excluding carboxylic acids is 2. The average Bonchev–Trinajstić information content (AvgIpc) is 3.14. The van der Waals surface area contributed by atoms with Crippen molar-refractivity contribution >= 4 is 11.9 Å². The van der Waals surface area contributed by atoms with Crippen LogP contribution in [-0.4, -0.2) is 51.5 Å². The minimum atomic E-state index is -0.355. The molecule has 3 amide bonds. The van der Waals surface area contributed by atoms with Crippen molar-refractivity contribution in [2.75, 3.05) is 19.6 Å². The third-order valence-electron chi connectivity index (χ3n) is 5.43. The molecular formula is C25H36N4O2. The predicted molar refractivity (Wildman–Crippen MR) is 124 cm³/mol. The molecule has 1 aliphatic heterocycles. The Morgan fingerprint density at radius 1 is 1.13 bits per heavy atom. The fourth-order valence-corrected chi connectivity index (χ4v) is 4.07. The zero-order valence-electron chi connectivity index (χ0n) is 19.7. The number of aryl methyl sites for hydroxylation is 1. The first-order valence-corrected chi connectivity index (χ1v) is 11.1. The number of benzene rings is 1. The van der Waals surface area contributed by atoms with Gasteiger partial charge in [0.05, 0.1) is 6.04 Å². The predicted octanol–water partition coefficient (Wildman–Crippen LogP) is 4.19. The second-order valence-electron chi connectivity index (χ2n) is 9.98. The molecule has 0 unspecified atom stereocenters. The number of carbonyl (C=O) groups is 2. The average molecular weight is 425 g/mol. The molecule has 0 spiro atoms. The van der Waals surface area contributed by atoms with Gasteiger partial charge in [0.1, 0.15) is 6.54 Å². The monoisotopic (exact) mass is 424 g/mol. The standard InChI is InChI=1S/C25H36N4O2/c1-18(2)16-28(24(31)26-25(4,5)6)17-22(30)29-15-14-27-13-7-8-21(27)23(29)20-11-9-19(3)10-12-20/h7-13,18,23H,14-17H2,1-6H3,(H,26,31)/t23-/m1/s1. The largest absolute Gasteiger partial charge is 0.348 e. The first-order valence-electron chi connectivity index (χ1n) is 11.1. The lowest BCUT2D eigenvalue weighted by atomic mass is 9.98. The van der Waals surface area contributed by atoms with Gasteiger partial charge in [0.25, 0.3) is 0 Å². The Bertz CT molecular complexity index is 908. The molecule has 1 atom stereocenters. The summed E-state index contributed by atoms with van der Waals surface area (Å²) in [5.74, 6) is 0.243. The van der Waals surface area contributed by atoms with Crippen LogP contribution in [-0.2, 0) is 11.3 Å². The van der Waals surface area contributed by atoms with Gasteiger partial charge >= 0.3 is 6.03 Å². The van der Waals surface area contributed by atoms with Crippen LogP contribution in [0, 0.1) is 12.8 Å². The third-order valence-corrected chi connectivity index (χ3v) is 5.43. The summed E-state index contributed by atoms with van der Waals surface area (Å²) in [6, 6.07) is 12.1. The molecule has 0 radical (unpaired) electrons. The van der Waals surface area contributed by atoms with Crippen LogP contribution in [0.2, 0.25) is 0 Å². The van der Waals surface area contributed by atoms with Gasteiger partial charge < -0.3 is 19.7 Å². The lowest BCUT2D eigenvalue weighted by Gasteiger charge is -2.39. The molecule has 0 saturated carbocycles. The summed E-state index contributed by atoms with van der Waals surface area (Å²) in [7, 11) is 0. The molecule has 1 N–H and O–H groups in total. The highest BCUT2D eigenvalue weighted by molar-refractivity contribution is 5.85. The zero-order chi connectivity index (χ0) is 22.8. The summed E-state index contributed by atoms with van der Waals surface area (Å²) in [5.41, 5.74) is 3.03. The van der Waals surface area contributed by atoms with Gasteiger partial charge in [-0.25, -0.2) is 4.79 Å². The summed E-state index contributed by atoms with van der Waals surface area (Å²) in [6.45, 7) is 14.0. The van der Waals surface area contributed by atoms with Crippen molar-refractivity contribution in [1.82, 2.24) is 19.7 Å². The third kappa shape index (κ3) is 5.69. The molecule has 6 heteroatoms. The lowest BCUT2D eigenvalue weighted by molar-refractivity contribution is -0.134.